The average molecular weight is 262 g/mol. The minimum atomic E-state index is -0.321. The lowest BCUT2D eigenvalue weighted by Crippen LogP contribution is -2.32. The van der Waals surface area contributed by atoms with Crippen LogP contribution < -0.4 is 0 Å². The van der Waals surface area contributed by atoms with Gasteiger partial charge < -0.3 is 14.5 Å². The van der Waals surface area contributed by atoms with Crippen molar-refractivity contribution in [1.82, 2.24) is 9.80 Å². The summed E-state index contributed by atoms with van der Waals surface area (Å²) in [4.78, 5) is 26.4. The SMILES string of the molecule is CN(Cc1ccccc1)C(=O)CCN1CCOC1=O. The maximum absolute atomic E-state index is 12.0. The molecule has 1 heterocycles. The largest absolute Gasteiger partial charge is 0.448 e. The first kappa shape index (κ1) is 13.4. The summed E-state index contributed by atoms with van der Waals surface area (Å²) < 4.78 is 4.82. The lowest BCUT2D eigenvalue weighted by Gasteiger charge is -2.19. The smallest absolute Gasteiger partial charge is 0.409 e. The van der Waals surface area contributed by atoms with Crippen LogP contribution in [0.5, 0.6) is 0 Å². The van der Waals surface area contributed by atoms with Crippen molar-refractivity contribution in [3.63, 3.8) is 0 Å². The molecule has 2 rings (SSSR count). The van der Waals surface area contributed by atoms with Gasteiger partial charge in [0, 0.05) is 26.6 Å². The van der Waals surface area contributed by atoms with Gasteiger partial charge in [-0.25, -0.2) is 4.79 Å². The molecule has 0 radical (unpaired) electrons. The maximum atomic E-state index is 12.0. The summed E-state index contributed by atoms with van der Waals surface area (Å²) in [7, 11) is 1.78. The van der Waals surface area contributed by atoms with Gasteiger partial charge in [-0.2, -0.15) is 0 Å². The number of carbonyl (C=O) groups excluding carboxylic acids is 2. The highest BCUT2D eigenvalue weighted by Crippen LogP contribution is 2.07. The molecule has 2 amide bonds. The van der Waals surface area contributed by atoms with Crippen LogP contribution in [-0.4, -0.2) is 48.5 Å². The summed E-state index contributed by atoms with van der Waals surface area (Å²) in [5, 5.41) is 0. The van der Waals surface area contributed by atoms with Crippen molar-refractivity contribution in [2.24, 2.45) is 0 Å². The van der Waals surface area contributed by atoms with Crippen molar-refractivity contribution >= 4 is 12.0 Å². The molecule has 1 aromatic rings. The van der Waals surface area contributed by atoms with Crippen LogP contribution in [0.2, 0.25) is 0 Å². The zero-order valence-corrected chi connectivity index (χ0v) is 11.0. The molecule has 1 aliphatic heterocycles. The van der Waals surface area contributed by atoms with E-state index in [1.54, 1.807) is 16.8 Å². The topological polar surface area (TPSA) is 49.9 Å². The number of hydrogen-bond donors (Lipinski definition) is 0. The van der Waals surface area contributed by atoms with Crippen LogP contribution in [-0.2, 0) is 16.1 Å². The molecule has 0 spiro atoms. The fraction of sp³-hybridized carbons (Fsp3) is 0.429. The Morgan fingerprint density at radius 3 is 2.74 bits per heavy atom. The van der Waals surface area contributed by atoms with Crippen molar-refractivity contribution < 1.29 is 14.3 Å². The third-order valence-corrected chi connectivity index (χ3v) is 3.13. The standard InChI is InChI=1S/C14H18N2O3/c1-15(11-12-5-3-2-4-6-12)13(17)7-8-16-9-10-19-14(16)18/h2-6H,7-11H2,1H3. The zero-order chi connectivity index (χ0) is 13.7. The quantitative estimate of drug-likeness (QED) is 0.807. The minimum absolute atomic E-state index is 0.0311. The lowest BCUT2D eigenvalue weighted by atomic mass is 10.2. The number of carbonyl (C=O) groups is 2. The van der Waals surface area contributed by atoms with E-state index in [0.717, 1.165) is 5.56 Å². The third-order valence-electron chi connectivity index (χ3n) is 3.13. The van der Waals surface area contributed by atoms with Gasteiger partial charge in [0.1, 0.15) is 6.61 Å². The normalized spacial score (nSPS) is 14.4. The van der Waals surface area contributed by atoms with Crippen LogP contribution in [0.25, 0.3) is 0 Å². The Balaban J connectivity index is 1.78. The molecule has 1 saturated heterocycles. The molecule has 102 valence electrons. The van der Waals surface area contributed by atoms with E-state index < -0.39 is 0 Å². The molecule has 1 aromatic carbocycles. The van der Waals surface area contributed by atoms with E-state index in [4.69, 9.17) is 4.74 Å². The van der Waals surface area contributed by atoms with Gasteiger partial charge in [0.05, 0.1) is 6.54 Å². The highest BCUT2D eigenvalue weighted by atomic mass is 16.6. The van der Waals surface area contributed by atoms with Crippen LogP contribution >= 0.6 is 0 Å². The zero-order valence-electron chi connectivity index (χ0n) is 11.0. The van der Waals surface area contributed by atoms with Gasteiger partial charge in [0.15, 0.2) is 0 Å². The first-order valence-corrected chi connectivity index (χ1v) is 6.36. The van der Waals surface area contributed by atoms with Crippen LogP contribution in [0.3, 0.4) is 0 Å². The molecule has 0 unspecified atom stereocenters. The average Bonchev–Trinajstić information content (AvgIpc) is 2.82. The van der Waals surface area contributed by atoms with Gasteiger partial charge >= 0.3 is 6.09 Å². The number of hydrogen-bond acceptors (Lipinski definition) is 3. The Labute approximate surface area is 112 Å². The van der Waals surface area contributed by atoms with Gasteiger partial charge in [0.25, 0.3) is 0 Å². The summed E-state index contributed by atoms with van der Waals surface area (Å²) >= 11 is 0. The van der Waals surface area contributed by atoms with E-state index in [9.17, 15) is 9.59 Å². The molecule has 5 heteroatoms. The third kappa shape index (κ3) is 3.71. The highest BCUT2D eigenvalue weighted by molar-refractivity contribution is 5.77. The molecule has 0 bridgehead atoms. The van der Waals surface area contributed by atoms with Crippen molar-refractivity contribution in [3.8, 4) is 0 Å². The fourth-order valence-electron chi connectivity index (χ4n) is 2.00. The summed E-state index contributed by atoms with van der Waals surface area (Å²) in [6.07, 6.45) is 0.0110. The molecular formula is C14H18N2O3. The first-order chi connectivity index (χ1) is 9.16. The van der Waals surface area contributed by atoms with Crippen molar-refractivity contribution in [2.45, 2.75) is 13.0 Å². The molecular weight excluding hydrogens is 244 g/mol. The Morgan fingerprint density at radius 2 is 2.11 bits per heavy atom. The van der Waals surface area contributed by atoms with Gasteiger partial charge in [-0.1, -0.05) is 30.3 Å². The number of benzene rings is 1. The number of amides is 2. The molecule has 0 N–H and O–H groups in total. The Bertz CT molecular complexity index is 447. The monoisotopic (exact) mass is 262 g/mol. The predicted molar refractivity (Wildman–Crippen MR) is 70.5 cm³/mol. The molecule has 0 aliphatic carbocycles. The molecule has 0 atom stereocenters. The Morgan fingerprint density at radius 1 is 1.37 bits per heavy atom. The van der Waals surface area contributed by atoms with E-state index in [-0.39, 0.29) is 12.0 Å². The van der Waals surface area contributed by atoms with Gasteiger partial charge in [0.2, 0.25) is 5.91 Å². The number of rotatable bonds is 5. The van der Waals surface area contributed by atoms with Crippen LogP contribution in [0, 0.1) is 0 Å². The molecule has 1 aliphatic rings. The summed E-state index contributed by atoms with van der Waals surface area (Å²) in [5.41, 5.74) is 1.10. The summed E-state index contributed by atoms with van der Waals surface area (Å²) in [6.45, 7) is 2.02. The van der Waals surface area contributed by atoms with Crippen molar-refractivity contribution in [1.29, 1.82) is 0 Å². The number of cyclic esters (lactones) is 1. The lowest BCUT2D eigenvalue weighted by molar-refractivity contribution is -0.130. The second kappa shape index (κ2) is 6.22. The van der Waals surface area contributed by atoms with Gasteiger partial charge in [-0.05, 0) is 5.56 Å². The van der Waals surface area contributed by atoms with Gasteiger partial charge in [-0.3, -0.25) is 4.79 Å². The van der Waals surface area contributed by atoms with Crippen LogP contribution in [0.1, 0.15) is 12.0 Å². The molecule has 1 fully saturated rings. The number of nitrogens with zero attached hydrogens (tertiary/aromatic N) is 2. The van der Waals surface area contributed by atoms with Crippen molar-refractivity contribution in [2.75, 3.05) is 26.7 Å². The van der Waals surface area contributed by atoms with Crippen LogP contribution in [0.4, 0.5) is 4.79 Å². The van der Waals surface area contributed by atoms with E-state index in [1.807, 2.05) is 30.3 Å². The minimum Gasteiger partial charge on any atom is -0.448 e. The van der Waals surface area contributed by atoms with Crippen molar-refractivity contribution in [3.05, 3.63) is 35.9 Å². The second-order valence-electron chi connectivity index (χ2n) is 4.59. The van der Waals surface area contributed by atoms with Gasteiger partial charge in [-0.15, -0.1) is 0 Å². The summed E-state index contributed by atoms with van der Waals surface area (Å²) in [5.74, 6) is 0.0311. The van der Waals surface area contributed by atoms with E-state index >= 15 is 0 Å². The Kier molecular flexibility index (Phi) is 4.39. The summed E-state index contributed by atoms with van der Waals surface area (Å²) in [6, 6.07) is 9.83. The fourth-order valence-corrected chi connectivity index (χ4v) is 2.00. The van der Waals surface area contributed by atoms with E-state index in [0.29, 0.717) is 32.7 Å². The Hall–Kier alpha value is -2.04. The van der Waals surface area contributed by atoms with E-state index in [2.05, 4.69) is 0 Å². The highest BCUT2D eigenvalue weighted by Gasteiger charge is 2.22. The second-order valence-corrected chi connectivity index (χ2v) is 4.59. The number of ether oxygens (including phenoxy) is 1. The molecule has 19 heavy (non-hydrogen) atoms. The first-order valence-electron chi connectivity index (χ1n) is 6.36. The predicted octanol–water partition coefficient (Wildman–Crippen LogP) is 1.49. The molecule has 0 saturated carbocycles. The molecule has 5 nitrogen and oxygen atoms in total. The molecule has 0 aromatic heterocycles. The van der Waals surface area contributed by atoms with E-state index in [1.165, 1.54) is 0 Å². The maximum Gasteiger partial charge on any atom is 0.409 e. The van der Waals surface area contributed by atoms with Crippen LogP contribution in [0.15, 0.2) is 30.3 Å².